The molecule has 1 fully saturated rings. The third kappa shape index (κ3) is 4.62. The van der Waals surface area contributed by atoms with E-state index in [-0.39, 0.29) is 35.2 Å². The van der Waals surface area contributed by atoms with Crippen molar-refractivity contribution in [3.05, 3.63) is 51.8 Å². The van der Waals surface area contributed by atoms with Gasteiger partial charge in [-0.05, 0) is 37.7 Å². The zero-order valence-corrected chi connectivity index (χ0v) is 17.8. The minimum absolute atomic E-state index is 0.0599. The number of benzene rings is 1. The Kier molecular flexibility index (Phi) is 6.34. The van der Waals surface area contributed by atoms with Crippen LogP contribution in [-0.4, -0.2) is 40.9 Å². The van der Waals surface area contributed by atoms with E-state index in [1.54, 1.807) is 0 Å². The fourth-order valence-electron chi connectivity index (χ4n) is 4.52. The Morgan fingerprint density at radius 1 is 1.23 bits per heavy atom. The molecule has 3 N–H and O–H groups in total. The van der Waals surface area contributed by atoms with E-state index in [0.29, 0.717) is 25.0 Å². The van der Waals surface area contributed by atoms with Crippen molar-refractivity contribution in [2.24, 2.45) is 0 Å². The molecule has 8 heteroatoms. The number of rotatable bonds is 6. The molecule has 31 heavy (non-hydrogen) atoms. The highest BCUT2D eigenvalue weighted by atomic mass is 16.2. The third-order valence-corrected chi connectivity index (χ3v) is 6.18. The van der Waals surface area contributed by atoms with Gasteiger partial charge in [0.2, 0.25) is 17.8 Å². The van der Waals surface area contributed by atoms with Gasteiger partial charge in [0.05, 0.1) is 11.5 Å². The summed E-state index contributed by atoms with van der Waals surface area (Å²) in [7, 11) is 0. The summed E-state index contributed by atoms with van der Waals surface area (Å²) in [6.45, 7) is 3.38. The molecule has 0 unspecified atom stereocenters. The van der Waals surface area contributed by atoms with Crippen molar-refractivity contribution >= 4 is 23.6 Å². The lowest BCUT2D eigenvalue weighted by atomic mass is 9.92. The number of H-pyrrole nitrogens is 1. The molecule has 0 bridgehead atoms. The molecular weight excluding hydrogens is 394 g/mol. The minimum atomic E-state index is -0.840. The van der Waals surface area contributed by atoms with E-state index in [2.05, 4.69) is 32.4 Å². The quantitative estimate of drug-likeness (QED) is 0.661. The Balaban J connectivity index is 1.53. The summed E-state index contributed by atoms with van der Waals surface area (Å²) >= 11 is 0. The van der Waals surface area contributed by atoms with Gasteiger partial charge in [-0.25, -0.2) is 0 Å². The maximum Gasteiger partial charge on any atom is 0.258 e. The van der Waals surface area contributed by atoms with Crippen molar-refractivity contribution in [3.63, 3.8) is 0 Å². The molecule has 0 spiro atoms. The van der Waals surface area contributed by atoms with Gasteiger partial charge in [-0.2, -0.15) is 4.98 Å². The second-order valence-electron chi connectivity index (χ2n) is 8.23. The largest absolute Gasteiger partial charge is 0.355 e. The summed E-state index contributed by atoms with van der Waals surface area (Å²) in [4.78, 5) is 47.7. The number of fused-ring (bicyclic) bond motifs is 1. The first-order chi connectivity index (χ1) is 15.1. The van der Waals surface area contributed by atoms with Crippen molar-refractivity contribution in [3.8, 4) is 0 Å². The Labute approximate surface area is 181 Å². The highest BCUT2D eigenvalue weighted by Gasteiger charge is 2.35. The second kappa shape index (κ2) is 9.32. The second-order valence-corrected chi connectivity index (χ2v) is 8.23. The number of nitrogens with one attached hydrogen (secondary N) is 3. The normalized spacial score (nSPS) is 20.7. The van der Waals surface area contributed by atoms with Gasteiger partial charge in [-0.1, -0.05) is 37.3 Å². The van der Waals surface area contributed by atoms with E-state index < -0.39 is 5.92 Å². The average molecular weight is 424 g/mol. The van der Waals surface area contributed by atoms with Crippen LogP contribution in [0.15, 0.2) is 35.1 Å². The number of carbonyl (C=O) groups excluding carboxylic acids is 2. The number of anilines is 2. The Morgan fingerprint density at radius 2 is 2.03 bits per heavy atom. The first-order valence-corrected chi connectivity index (χ1v) is 11.1. The number of hydrogen-bond acceptors (Lipinski definition) is 5. The summed E-state index contributed by atoms with van der Waals surface area (Å²) in [6.07, 6.45) is 4.83. The molecule has 2 aliphatic rings. The number of hydrogen-bond donors (Lipinski definition) is 3. The van der Waals surface area contributed by atoms with Gasteiger partial charge in [0.15, 0.2) is 0 Å². The summed E-state index contributed by atoms with van der Waals surface area (Å²) < 4.78 is 0. The molecule has 2 aliphatic heterocycles. The van der Waals surface area contributed by atoms with Crippen LogP contribution in [0.25, 0.3) is 0 Å². The van der Waals surface area contributed by atoms with Gasteiger partial charge in [0.1, 0.15) is 5.82 Å². The number of carbonyl (C=O) groups is 2. The summed E-state index contributed by atoms with van der Waals surface area (Å²) in [6, 6.07) is 10.2. The monoisotopic (exact) mass is 423 g/mol. The smallest absolute Gasteiger partial charge is 0.258 e. The zero-order valence-electron chi connectivity index (χ0n) is 17.8. The first-order valence-electron chi connectivity index (χ1n) is 11.1. The van der Waals surface area contributed by atoms with Gasteiger partial charge < -0.3 is 15.5 Å². The fourth-order valence-corrected chi connectivity index (χ4v) is 4.52. The Morgan fingerprint density at radius 3 is 2.81 bits per heavy atom. The van der Waals surface area contributed by atoms with Gasteiger partial charge in [0, 0.05) is 25.6 Å². The summed E-state index contributed by atoms with van der Waals surface area (Å²) in [5.74, 6) is -0.783. The van der Waals surface area contributed by atoms with Crippen LogP contribution >= 0.6 is 0 Å². The predicted molar refractivity (Wildman–Crippen MR) is 119 cm³/mol. The molecule has 164 valence electrons. The standard InChI is InChI=1S/C23H29N5O3/c1-2-16-10-6-7-13-28(16)23-26-20-19(22(31)27-23)17(14-18(29)25-20)21(30)24-12-11-15-8-4-3-5-9-15/h3-5,8-9,16-17H,2,6-7,10-14H2,1H3,(H,24,30)(H2,25,26,27,29,31)/t16-,17+/m0/s1. The minimum Gasteiger partial charge on any atom is -0.355 e. The molecule has 1 aromatic carbocycles. The highest BCUT2D eigenvalue weighted by Crippen LogP contribution is 2.31. The molecule has 0 aliphatic carbocycles. The molecule has 4 rings (SSSR count). The molecule has 3 heterocycles. The molecule has 0 saturated carbocycles. The summed E-state index contributed by atoms with van der Waals surface area (Å²) in [5.41, 5.74) is 0.995. The van der Waals surface area contributed by atoms with Crippen LogP contribution in [0.3, 0.4) is 0 Å². The van der Waals surface area contributed by atoms with E-state index in [1.165, 1.54) is 0 Å². The molecule has 1 aromatic heterocycles. The van der Waals surface area contributed by atoms with E-state index in [0.717, 1.165) is 37.8 Å². The molecule has 1 saturated heterocycles. The van der Waals surface area contributed by atoms with Crippen LogP contribution in [0, 0.1) is 0 Å². The van der Waals surface area contributed by atoms with E-state index in [1.807, 2.05) is 30.3 Å². The molecule has 2 amide bonds. The van der Waals surface area contributed by atoms with Crippen molar-refractivity contribution in [2.45, 2.75) is 57.4 Å². The number of aromatic nitrogens is 2. The molecule has 2 aromatic rings. The van der Waals surface area contributed by atoms with Crippen LogP contribution in [-0.2, 0) is 16.0 Å². The summed E-state index contributed by atoms with van der Waals surface area (Å²) in [5, 5.41) is 5.58. The predicted octanol–water partition coefficient (Wildman–Crippen LogP) is 2.32. The van der Waals surface area contributed by atoms with E-state index in [9.17, 15) is 14.4 Å². The average Bonchev–Trinajstić information content (AvgIpc) is 2.78. The first kappa shape index (κ1) is 21.1. The van der Waals surface area contributed by atoms with Gasteiger partial charge in [-0.3, -0.25) is 19.4 Å². The van der Waals surface area contributed by atoms with Crippen LogP contribution in [0.4, 0.5) is 11.8 Å². The lowest BCUT2D eigenvalue weighted by molar-refractivity contribution is -0.126. The van der Waals surface area contributed by atoms with Gasteiger partial charge in [-0.15, -0.1) is 0 Å². The van der Waals surface area contributed by atoms with Crippen LogP contribution in [0.5, 0.6) is 0 Å². The number of piperidine rings is 1. The van der Waals surface area contributed by atoms with Crippen molar-refractivity contribution < 1.29 is 9.59 Å². The van der Waals surface area contributed by atoms with E-state index >= 15 is 0 Å². The van der Waals surface area contributed by atoms with Crippen LogP contribution in [0.1, 0.15) is 56.1 Å². The van der Waals surface area contributed by atoms with Gasteiger partial charge in [0.25, 0.3) is 5.56 Å². The molecule has 8 nitrogen and oxygen atoms in total. The maximum absolute atomic E-state index is 13.0. The van der Waals surface area contributed by atoms with Crippen molar-refractivity contribution in [2.75, 3.05) is 23.3 Å². The maximum atomic E-state index is 13.0. The lowest BCUT2D eigenvalue weighted by Gasteiger charge is -2.36. The van der Waals surface area contributed by atoms with Crippen LogP contribution < -0.4 is 21.1 Å². The van der Waals surface area contributed by atoms with E-state index in [4.69, 9.17) is 0 Å². The van der Waals surface area contributed by atoms with Crippen molar-refractivity contribution in [1.29, 1.82) is 0 Å². The van der Waals surface area contributed by atoms with Gasteiger partial charge >= 0.3 is 0 Å². The SMILES string of the molecule is CC[C@H]1CCCCN1c1nc2c(c(=O)[nH]1)[C@H](C(=O)NCCc1ccccc1)CC(=O)N2. The Bertz CT molecular complexity index is 1000. The molecule has 2 atom stereocenters. The lowest BCUT2D eigenvalue weighted by Crippen LogP contribution is -2.43. The number of aromatic amines is 1. The number of amides is 2. The Hall–Kier alpha value is -3.16. The molecular formula is C23H29N5O3. The topological polar surface area (TPSA) is 107 Å². The highest BCUT2D eigenvalue weighted by molar-refractivity contribution is 6.00. The fraction of sp³-hybridized carbons (Fsp3) is 0.478. The molecule has 0 radical (unpaired) electrons. The zero-order chi connectivity index (χ0) is 21.8. The van der Waals surface area contributed by atoms with Crippen molar-refractivity contribution in [1.82, 2.24) is 15.3 Å². The third-order valence-electron chi connectivity index (χ3n) is 6.18. The van der Waals surface area contributed by atoms with Crippen LogP contribution in [0.2, 0.25) is 0 Å². The number of nitrogens with zero attached hydrogens (tertiary/aromatic N) is 2.